The van der Waals surface area contributed by atoms with Gasteiger partial charge in [-0.3, -0.25) is 0 Å². The van der Waals surface area contributed by atoms with Crippen LogP contribution in [0.4, 0.5) is 10.1 Å². The molecule has 1 rings (SSSR count). The van der Waals surface area contributed by atoms with Gasteiger partial charge in [-0.25, -0.2) is 4.39 Å². The van der Waals surface area contributed by atoms with E-state index >= 15 is 0 Å². The van der Waals surface area contributed by atoms with Gasteiger partial charge in [0.25, 0.3) is 0 Å². The highest BCUT2D eigenvalue weighted by molar-refractivity contribution is 5.39. The summed E-state index contributed by atoms with van der Waals surface area (Å²) < 4.78 is 12.2. The number of aliphatic hydroxyl groups is 1. The van der Waals surface area contributed by atoms with Crippen molar-refractivity contribution in [2.45, 2.75) is 12.1 Å². The summed E-state index contributed by atoms with van der Waals surface area (Å²) in [4.78, 5) is 2.61. The third-order valence-corrected chi connectivity index (χ3v) is 1.98. The van der Waals surface area contributed by atoms with Gasteiger partial charge in [0.15, 0.2) is 0 Å². The van der Waals surface area contributed by atoms with Gasteiger partial charge in [-0.1, -0.05) is 29.4 Å². The number of benzene rings is 1. The van der Waals surface area contributed by atoms with Gasteiger partial charge in [0, 0.05) is 10.6 Å². The van der Waals surface area contributed by atoms with E-state index in [9.17, 15) is 9.50 Å². The van der Waals surface area contributed by atoms with E-state index in [2.05, 4.69) is 10.0 Å². The Balaban J connectivity index is 2.83. The lowest BCUT2D eigenvalue weighted by Crippen LogP contribution is -2.30. The van der Waals surface area contributed by atoms with Crippen LogP contribution in [-0.4, -0.2) is 17.8 Å². The van der Waals surface area contributed by atoms with Crippen LogP contribution in [0, 0.1) is 0 Å². The van der Waals surface area contributed by atoms with Crippen LogP contribution in [0.1, 0.15) is 11.7 Å². The zero-order valence-corrected chi connectivity index (χ0v) is 7.92. The first kappa shape index (κ1) is 11.5. The Hall–Kier alpha value is -1.62. The summed E-state index contributed by atoms with van der Waals surface area (Å²) in [5.41, 5.74) is 14.4. The predicted molar refractivity (Wildman–Crippen MR) is 54.2 cm³/mol. The highest BCUT2D eigenvalue weighted by Crippen LogP contribution is 2.20. The van der Waals surface area contributed by atoms with E-state index in [0.717, 1.165) is 0 Å². The molecular formula is C9H11FN4O. The topological polar surface area (TPSA) is 95.0 Å². The molecule has 2 atom stereocenters. The number of aliphatic hydroxyl groups excluding tert-OH is 1. The molecule has 0 fully saturated rings. The molecule has 3 N–H and O–H groups in total. The van der Waals surface area contributed by atoms with E-state index in [0.29, 0.717) is 11.3 Å². The summed E-state index contributed by atoms with van der Waals surface area (Å²) >= 11 is 0. The van der Waals surface area contributed by atoms with Crippen LogP contribution in [0.15, 0.2) is 29.4 Å². The second kappa shape index (κ2) is 5.31. The molecule has 0 spiro atoms. The van der Waals surface area contributed by atoms with Gasteiger partial charge in [0.05, 0.1) is 12.1 Å². The Labute approximate surface area is 86.0 Å². The fourth-order valence-electron chi connectivity index (χ4n) is 1.12. The summed E-state index contributed by atoms with van der Waals surface area (Å²) in [5, 5.41) is 12.9. The maximum absolute atomic E-state index is 12.2. The monoisotopic (exact) mass is 210 g/mol. The molecule has 0 amide bonds. The summed E-state index contributed by atoms with van der Waals surface area (Å²) in [5.74, 6) is 0. The Morgan fingerprint density at radius 3 is 2.53 bits per heavy atom. The second-order valence-electron chi connectivity index (χ2n) is 3.04. The smallest absolute Gasteiger partial charge is 0.107 e. The van der Waals surface area contributed by atoms with Crippen LogP contribution < -0.4 is 5.73 Å². The zero-order chi connectivity index (χ0) is 11.3. The largest absolute Gasteiger partial charge is 0.387 e. The van der Waals surface area contributed by atoms with E-state index in [4.69, 9.17) is 11.3 Å². The van der Waals surface area contributed by atoms with Crippen molar-refractivity contribution in [3.8, 4) is 0 Å². The normalized spacial score (nSPS) is 14.1. The number of hydrogen-bond donors (Lipinski definition) is 2. The maximum Gasteiger partial charge on any atom is 0.107 e. The molecule has 0 bridgehead atoms. The molecule has 0 aliphatic carbocycles. The summed E-state index contributed by atoms with van der Waals surface area (Å²) in [6, 6.07) is 5.22. The lowest BCUT2D eigenvalue weighted by Gasteiger charge is -2.15. The Kier molecular flexibility index (Phi) is 4.05. The van der Waals surface area contributed by atoms with E-state index in [-0.39, 0.29) is 0 Å². The fourth-order valence-corrected chi connectivity index (χ4v) is 1.12. The summed E-state index contributed by atoms with van der Waals surface area (Å²) in [6.45, 7) is -0.792. The first-order chi connectivity index (χ1) is 7.19. The molecule has 0 aliphatic heterocycles. The van der Waals surface area contributed by atoms with Crippen LogP contribution in [-0.2, 0) is 0 Å². The lowest BCUT2D eigenvalue weighted by molar-refractivity contribution is 0.132. The van der Waals surface area contributed by atoms with Crippen LogP contribution >= 0.6 is 0 Å². The number of nitrogens with two attached hydrogens (primary N) is 1. The van der Waals surface area contributed by atoms with E-state index < -0.39 is 18.8 Å². The van der Waals surface area contributed by atoms with Crippen molar-refractivity contribution < 1.29 is 9.50 Å². The van der Waals surface area contributed by atoms with Gasteiger partial charge in [0.2, 0.25) is 0 Å². The molecule has 15 heavy (non-hydrogen) atoms. The average molecular weight is 210 g/mol. The molecule has 0 aliphatic rings. The third-order valence-electron chi connectivity index (χ3n) is 1.98. The van der Waals surface area contributed by atoms with Crippen LogP contribution in [0.5, 0.6) is 0 Å². The highest BCUT2D eigenvalue weighted by atomic mass is 19.1. The van der Waals surface area contributed by atoms with Crippen molar-refractivity contribution in [1.82, 2.24) is 0 Å². The van der Waals surface area contributed by atoms with Crippen molar-refractivity contribution >= 4 is 5.69 Å². The molecule has 1 aromatic rings. The fraction of sp³-hybridized carbons (Fsp3) is 0.333. The van der Waals surface area contributed by atoms with Crippen molar-refractivity contribution in [3.05, 3.63) is 40.3 Å². The van der Waals surface area contributed by atoms with Gasteiger partial charge in [-0.2, -0.15) is 0 Å². The molecule has 0 saturated heterocycles. The Morgan fingerprint density at radius 2 is 2.07 bits per heavy atom. The van der Waals surface area contributed by atoms with Crippen LogP contribution in [0.25, 0.3) is 10.4 Å². The van der Waals surface area contributed by atoms with Crippen molar-refractivity contribution in [2.75, 3.05) is 6.67 Å². The van der Waals surface area contributed by atoms with Gasteiger partial charge < -0.3 is 10.8 Å². The number of rotatable bonds is 4. The minimum Gasteiger partial charge on any atom is -0.387 e. The zero-order valence-electron chi connectivity index (χ0n) is 7.92. The number of azide groups is 1. The number of nitrogens with zero attached hydrogens (tertiary/aromatic N) is 3. The molecule has 1 aromatic carbocycles. The molecule has 0 unspecified atom stereocenters. The molecular weight excluding hydrogens is 199 g/mol. The van der Waals surface area contributed by atoms with Gasteiger partial charge >= 0.3 is 0 Å². The second-order valence-corrected chi connectivity index (χ2v) is 3.04. The van der Waals surface area contributed by atoms with Crippen LogP contribution in [0.3, 0.4) is 0 Å². The molecule has 0 heterocycles. The SMILES string of the molecule is [N-]=[N+]=Nc1ccc([C@@H](O)[C@@H](N)CF)cc1. The Bertz CT molecular complexity index is 361. The van der Waals surface area contributed by atoms with E-state index in [1.54, 1.807) is 12.1 Å². The minimum absolute atomic E-state index is 0.433. The van der Waals surface area contributed by atoms with Gasteiger partial charge in [0.1, 0.15) is 6.67 Å². The summed E-state index contributed by atoms with van der Waals surface area (Å²) in [6.07, 6.45) is -1.05. The standard InChI is InChI=1S/C9H11FN4O/c10-5-8(11)9(15)6-1-3-7(4-2-6)13-14-12/h1-4,8-9,15H,5,11H2/t8-,9+/m0/s1. The third kappa shape index (κ3) is 2.92. The first-order valence-electron chi connectivity index (χ1n) is 4.33. The average Bonchev–Trinajstić information content (AvgIpc) is 2.28. The number of hydrogen-bond acceptors (Lipinski definition) is 3. The number of halogens is 1. The molecule has 0 saturated carbocycles. The summed E-state index contributed by atoms with van der Waals surface area (Å²) in [7, 11) is 0. The van der Waals surface area contributed by atoms with Crippen molar-refractivity contribution in [1.29, 1.82) is 0 Å². The van der Waals surface area contributed by atoms with E-state index in [1.807, 2.05) is 0 Å². The number of alkyl halides is 1. The molecule has 0 radical (unpaired) electrons. The maximum atomic E-state index is 12.2. The van der Waals surface area contributed by atoms with Crippen LogP contribution in [0.2, 0.25) is 0 Å². The quantitative estimate of drug-likeness (QED) is 0.451. The molecule has 5 nitrogen and oxygen atoms in total. The molecule has 0 aromatic heterocycles. The molecule has 6 heteroatoms. The van der Waals surface area contributed by atoms with E-state index in [1.165, 1.54) is 12.1 Å². The predicted octanol–water partition coefficient (Wildman–Crippen LogP) is 1.96. The van der Waals surface area contributed by atoms with Gasteiger partial charge in [-0.15, -0.1) is 0 Å². The highest BCUT2D eigenvalue weighted by Gasteiger charge is 2.16. The minimum atomic E-state index is -1.05. The Morgan fingerprint density at radius 1 is 1.47 bits per heavy atom. The van der Waals surface area contributed by atoms with Crippen molar-refractivity contribution in [2.24, 2.45) is 10.8 Å². The lowest BCUT2D eigenvalue weighted by atomic mass is 10.0. The van der Waals surface area contributed by atoms with Gasteiger partial charge in [-0.05, 0) is 11.1 Å². The molecule has 80 valence electrons. The first-order valence-corrected chi connectivity index (χ1v) is 4.33. The van der Waals surface area contributed by atoms with Crippen molar-refractivity contribution in [3.63, 3.8) is 0 Å².